The first-order chi connectivity index (χ1) is 16.2. The number of hydrogen-bond acceptors (Lipinski definition) is 9. The fourth-order valence-electron chi connectivity index (χ4n) is 3.46. The van der Waals surface area contributed by atoms with Crippen molar-refractivity contribution in [3.05, 3.63) is 41.0 Å². The van der Waals surface area contributed by atoms with Gasteiger partial charge in [0.15, 0.2) is 6.29 Å². The van der Waals surface area contributed by atoms with Gasteiger partial charge >= 0.3 is 6.16 Å². The number of ether oxygens (including phenoxy) is 5. The predicted octanol–water partition coefficient (Wildman–Crippen LogP) is 2.74. The molecule has 9 heteroatoms. The van der Waals surface area contributed by atoms with Crippen LogP contribution in [0.3, 0.4) is 0 Å². The van der Waals surface area contributed by atoms with Gasteiger partial charge in [0.2, 0.25) is 0 Å². The third-order valence-electron chi connectivity index (χ3n) is 5.56. The highest BCUT2D eigenvalue weighted by molar-refractivity contribution is 5.59. The third-order valence-corrected chi connectivity index (χ3v) is 5.56. The van der Waals surface area contributed by atoms with Gasteiger partial charge in [0.1, 0.15) is 36.8 Å². The van der Waals surface area contributed by atoms with E-state index >= 15 is 0 Å². The molecular formula is C25H38O9. The maximum atomic E-state index is 11.5. The average molecular weight is 483 g/mol. The topological polar surface area (TPSA) is 124 Å². The predicted molar refractivity (Wildman–Crippen MR) is 125 cm³/mol. The Labute approximate surface area is 201 Å². The van der Waals surface area contributed by atoms with E-state index in [9.17, 15) is 20.1 Å². The molecular weight excluding hydrogens is 444 g/mol. The second-order valence-corrected chi connectivity index (χ2v) is 8.54. The molecule has 0 saturated carbocycles. The fraction of sp³-hybridized carbons (Fsp3) is 0.640. The van der Waals surface area contributed by atoms with Crippen LogP contribution in [0, 0.1) is 0 Å². The first-order valence-corrected chi connectivity index (χ1v) is 11.7. The Morgan fingerprint density at radius 1 is 1.03 bits per heavy atom. The molecule has 5 atom stereocenters. The van der Waals surface area contributed by atoms with Crippen LogP contribution in [0.1, 0.15) is 46.6 Å². The van der Waals surface area contributed by atoms with E-state index in [0.717, 1.165) is 28.9 Å². The minimum atomic E-state index is -1.53. The largest absolute Gasteiger partial charge is 0.508 e. The van der Waals surface area contributed by atoms with Crippen LogP contribution in [0.2, 0.25) is 0 Å². The van der Waals surface area contributed by atoms with Crippen molar-refractivity contribution in [2.45, 2.75) is 84.3 Å². The standard InChI is InChI=1S/C25H38O9/c1-6-16(5)18(12-17-8-10-19(11-9-17)33-15(3)4)13-31-24-23(28)22(27)21(26)20(34-24)14-32-25(29)30-7-2/h8-11,15,20-24,26-28H,6-7,12-14H2,1-5H3/b18-16-/t20-,21-,22+,23-,24-/m1/s1. The maximum Gasteiger partial charge on any atom is 0.508 e. The number of carbonyl (C=O) groups excluding carboxylic acids is 1. The van der Waals surface area contributed by atoms with Crippen molar-refractivity contribution in [2.75, 3.05) is 19.8 Å². The van der Waals surface area contributed by atoms with Crippen LogP contribution in [0.25, 0.3) is 0 Å². The van der Waals surface area contributed by atoms with Gasteiger partial charge in [0, 0.05) is 0 Å². The third kappa shape index (κ3) is 8.25. The van der Waals surface area contributed by atoms with E-state index in [1.807, 2.05) is 52.0 Å². The van der Waals surface area contributed by atoms with Crippen molar-refractivity contribution in [3.8, 4) is 5.75 Å². The molecule has 2 rings (SSSR count). The first kappa shape index (κ1) is 28.1. The van der Waals surface area contributed by atoms with E-state index in [1.165, 1.54) is 0 Å². The summed E-state index contributed by atoms with van der Waals surface area (Å²) in [6.07, 6.45) is -6.11. The van der Waals surface area contributed by atoms with E-state index in [0.29, 0.717) is 6.42 Å². The summed E-state index contributed by atoms with van der Waals surface area (Å²) in [6.45, 7) is 9.58. The first-order valence-electron chi connectivity index (χ1n) is 11.7. The molecule has 0 aliphatic carbocycles. The van der Waals surface area contributed by atoms with Gasteiger partial charge in [0.05, 0.1) is 19.3 Å². The summed E-state index contributed by atoms with van der Waals surface area (Å²) in [5, 5.41) is 30.8. The number of rotatable bonds is 11. The van der Waals surface area contributed by atoms with Gasteiger partial charge in [-0.1, -0.05) is 24.6 Å². The Hall–Kier alpha value is -2.17. The zero-order valence-electron chi connectivity index (χ0n) is 20.6. The molecule has 1 heterocycles. The van der Waals surface area contributed by atoms with E-state index in [-0.39, 0.29) is 25.9 Å². The summed E-state index contributed by atoms with van der Waals surface area (Å²) in [7, 11) is 0. The molecule has 192 valence electrons. The highest BCUT2D eigenvalue weighted by atomic mass is 16.7. The van der Waals surface area contributed by atoms with E-state index in [2.05, 4.69) is 4.74 Å². The molecule has 3 N–H and O–H groups in total. The molecule has 0 aromatic heterocycles. The lowest BCUT2D eigenvalue weighted by atomic mass is 9.98. The quantitative estimate of drug-likeness (QED) is 0.323. The minimum absolute atomic E-state index is 0.0966. The van der Waals surface area contributed by atoms with Gasteiger partial charge < -0.3 is 39.0 Å². The zero-order chi connectivity index (χ0) is 25.3. The summed E-state index contributed by atoms with van der Waals surface area (Å²) in [5.41, 5.74) is 3.22. The molecule has 0 unspecified atom stereocenters. The number of aliphatic hydroxyl groups excluding tert-OH is 3. The van der Waals surface area contributed by atoms with Crippen LogP contribution >= 0.6 is 0 Å². The van der Waals surface area contributed by atoms with Crippen LogP contribution in [0.15, 0.2) is 35.4 Å². The van der Waals surface area contributed by atoms with Crippen molar-refractivity contribution in [1.82, 2.24) is 0 Å². The lowest BCUT2D eigenvalue weighted by Crippen LogP contribution is -2.59. The summed E-state index contributed by atoms with van der Waals surface area (Å²) in [5.74, 6) is 0.801. The monoisotopic (exact) mass is 482 g/mol. The molecule has 1 saturated heterocycles. The van der Waals surface area contributed by atoms with Gasteiger partial charge in [-0.05, 0) is 63.8 Å². The second-order valence-electron chi connectivity index (χ2n) is 8.54. The summed E-state index contributed by atoms with van der Waals surface area (Å²) in [6, 6.07) is 7.84. The smallest absolute Gasteiger partial charge is 0.491 e. The molecule has 0 bridgehead atoms. The van der Waals surface area contributed by atoms with Crippen LogP contribution in [-0.4, -0.2) is 78.1 Å². The molecule has 1 aliphatic rings. The molecule has 0 amide bonds. The van der Waals surface area contributed by atoms with E-state index in [1.54, 1.807) is 6.92 Å². The number of carbonyl (C=O) groups is 1. The second kappa shape index (κ2) is 13.7. The Balaban J connectivity index is 2.03. The highest BCUT2D eigenvalue weighted by Crippen LogP contribution is 2.25. The van der Waals surface area contributed by atoms with Crippen molar-refractivity contribution in [3.63, 3.8) is 0 Å². The van der Waals surface area contributed by atoms with Gasteiger partial charge in [0.25, 0.3) is 0 Å². The van der Waals surface area contributed by atoms with Crippen molar-refractivity contribution >= 4 is 6.16 Å². The Bertz CT molecular complexity index is 790. The molecule has 0 spiro atoms. The number of benzene rings is 1. The van der Waals surface area contributed by atoms with Crippen molar-refractivity contribution in [2.24, 2.45) is 0 Å². The molecule has 1 aromatic rings. The van der Waals surface area contributed by atoms with Gasteiger partial charge in [-0.15, -0.1) is 0 Å². The van der Waals surface area contributed by atoms with Crippen LogP contribution < -0.4 is 4.74 Å². The van der Waals surface area contributed by atoms with E-state index in [4.69, 9.17) is 18.9 Å². The van der Waals surface area contributed by atoms with Gasteiger partial charge in [-0.3, -0.25) is 0 Å². The van der Waals surface area contributed by atoms with Gasteiger partial charge in [-0.2, -0.15) is 0 Å². The molecule has 1 fully saturated rings. The minimum Gasteiger partial charge on any atom is -0.491 e. The Morgan fingerprint density at radius 3 is 2.29 bits per heavy atom. The van der Waals surface area contributed by atoms with Crippen LogP contribution in [-0.2, 0) is 25.4 Å². The summed E-state index contributed by atoms with van der Waals surface area (Å²) < 4.78 is 26.7. The molecule has 1 aromatic carbocycles. The average Bonchev–Trinajstić information content (AvgIpc) is 2.81. The maximum absolute atomic E-state index is 11.5. The lowest BCUT2D eigenvalue weighted by molar-refractivity contribution is -0.299. The van der Waals surface area contributed by atoms with Crippen LogP contribution in [0.4, 0.5) is 4.79 Å². The molecule has 0 radical (unpaired) electrons. The molecule has 34 heavy (non-hydrogen) atoms. The Kier molecular flexibility index (Phi) is 11.3. The van der Waals surface area contributed by atoms with Gasteiger partial charge in [-0.25, -0.2) is 4.79 Å². The number of allylic oxidation sites excluding steroid dienone is 1. The SMILES string of the molecule is CCOC(=O)OC[C@H]1O[C@@H](OC/C(Cc2ccc(OC(C)C)cc2)=C(/C)CC)[C@H](O)[C@@H](O)[C@@H]1O. The lowest BCUT2D eigenvalue weighted by Gasteiger charge is -2.40. The van der Waals surface area contributed by atoms with Crippen LogP contribution in [0.5, 0.6) is 5.75 Å². The summed E-state index contributed by atoms with van der Waals surface area (Å²) >= 11 is 0. The van der Waals surface area contributed by atoms with E-state index < -0.39 is 36.9 Å². The number of aliphatic hydroxyl groups is 3. The molecule has 9 nitrogen and oxygen atoms in total. The summed E-state index contributed by atoms with van der Waals surface area (Å²) in [4.78, 5) is 11.5. The molecule has 1 aliphatic heterocycles. The fourth-order valence-corrected chi connectivity index (χ4v) is 3.46. The zero-order valence-corrected chi connectivity index (χ0v) is 20.6. The highest BCUT2D eigenvalue weighted by Gasteiger charge is 2.45. The normalized spacial score (nSPS) is 25.6. The Morgan fingerprint density at radius 2 is 1.71 bits per heavy atom. The number of hydrogen-bond donors (Lipinski definition) is 3. The van der Waals surface area contributed by atoms with Crippen molar-refractivity contribution in [1.29, 1.82) is 0 Å². The van der Waals surface area contributed by atoms with Crippen molar-refractivity contribution < 1.29 is 43.8 Å².